The van der Waals surface area contributed by atoms with Gasteiger partial charge in [-0.1, -0.05) is 12.6 Å². The molecule has 1 atom stereocenters. The van der Waals surface area contributed by atoms with E-state index in [4.69, 9.17) is 0 Å². The lowest BCUT2D eigenvalue weighted by atomic mass is 9.82. The summed E-state index contributed by atoms with van der Waals surface area (Å²) in [6.07, 6.45) is 5.94. The number of carbonyl (C=O) groups excluding carboxylic acids is 3. The van der Waals surface area contributed by atoms with Crippen LogP contribution >= 0.6 is 0 Å². The quantitative estimate of drug-likeness (QED) is 0.366. The minimum atomic E-state index is -0.361. The van der Waals surface area contributed by atoms with Gasteiger partial charge in [-0.05, 0) is 68.3 Å². The summed E-state index contributed by atoms with van der Waals surface area (Å²) >= 11 is 0. The minimum Gasteiger partial charge on any atom is -0.356 e. The van der Waals surface area contributed by atoms with Gasteiger partial charge in [0.25, 0.3) is 11.8 Å². The number of rotatable bonds is 5. The lowest BCUT2D eigenvalue weighted by molar-refractivity contribution is -0.111. The number of aromatic amines is 1. The van der Waals surface area contributed by atoms with E-state index in [1.807, 2.05) is 12.1 Å². The summed E-state index contributed by atoms with van der Waals surface area (Å²) in [6, 6.07) is 12.0. The van der Waals surface area contributed by atoms with E-state index >= 15 is 0 Å². The molecule has 0 bridgehead atoms. The van der Waals surface area contributed by atoms with Gasteiger partial charge in [0.1, 0.15) is 5.82 Å². The number of nitrogens with zero attached hydrogens (tertiary/aromatic N) is 1. The van der Waals surface area contributed by atoms with Crippen LogP contribution in [-0.2, 0) is 10.3 Å². The fraction of sp³-hybridized carbons (Fsp3) is 0.231. The zero-order valence-corrected chi connectivity index (χ0v) is 19.1. The van der Waals surface area contributed by atoms with E-state index in [1.165, 1.54) is 0 Å². The molecular weight excluding hydrogens is 444 g/mol. The molecule has 2 aliphatic rings. The third-order valence-electron chi connectivity index (χ3n) is 6.48. The summed E-state index contributed by atoms with van der Waals surface area (Å²) in [5.74, 6) is -0.439. The summed E-state index contributed by atoms with van der Waals surface area (Å²) in [6.45, 7) is 4.89. The molecule has 2 aromatic heterocycles. The lowest BCUT2D eigenvalue weighted by Gasteiger charge is -2.41. The molecule has 4 heterocycles. The first kappa shape index (κ1) is 22.5. The lowest BCUT2D eigenvalue weighted by Crippen LogP contribution is -2.57. The molecule has 1 fully saturated rings. The average molecular weight is 471 g/mol. The fourth-order valence-electron chi connectivity index (χ4n) is 4.70. The molecule has 5 N–H and O–H groups in total. The Kier molecular flexibility index (Phi) is 5.92. The summed E-state index contributed by atoms with van der Waals surface area (Å²) < 4.78 is 0. The smallest absolute Gasteiger partial charge is 0.256 e. The number of benzene rings is 1. The van der Waals surface area contributed by atoms with Gasteiger partial charge < -0.3 is 26.3 Å². The molecule has 178 valence electrons. The van der Waals surface area contributed by atoms with Gasteiger partial charge in [-0.25, -0.2) is 4.98 Å². The number of carbonyl (C=O) groups is 3. The minimum absolute atomic E-state index is 0.0912. The van der Waals surface area contributed by atoms with E-state index in [9.17, 15) is 14.4 Å². The Morgan fingerprint density at radius 2 is 2.00 bits per heavy atom. The van der Waals surface area contributed by atoms with Crippen molar-refractivity contribution < 1.29 is 14.4 Å². The van der Waals surface area contributed by atoms with Gasteiger partial charge in [0.2, 0.25) is 5.91 Å². The van der Waals surface area contributed by atoms with Crippen molar-refractivity contribution in [1.29, 1.82) is 0 Å². The van der Waals surface area contributed by atoms with Crippen molar-refractivity contribution in [3.8, 4) is 11.3 Å². The Morgan fingerprint density at radius 3 is 2.80 bits per heavy atom. The van der Waals surface area contributed by atoms with Crippen LogP contribution in [0, 0.1) is 0 Å². The average Bonchev–Trinajstić information content (AvgIpc) is 3.35. The third kappa shape index (κ3) is 4.45. The maximum Gasteiger partial charge on any atom is 0.256 e. The van der Waals surface area contributed by atoms with E-state index in [0.29, 0.717) is 29.2 Å². The number of hydrogen-bond acceptors (Lipinski definition) is 5. The number of piperidine rings is 1. The number of nitrogens with one attached hydrogen (secondary N) is 5. The second-order valence-corrected chi connectivity index (χ2v) is 8.78. The van der Waals surface area contributed by atoms with Crippen LogP contribution in [0.25, 0.3) is 11.3 Å². The zero-order valence-electron chi connectivity index (χ0n) is 19.1. The monoisotopic (exact) mass is 470 g/mol. The second-order valence-electron chi connectivity index (χ2n) is 8.78. The van der Waals surface area contributed by atoms with Gasteiger partial charge in [0.15, 0.2) is 0 Å². The number of anilines is 2. The molecular formula is C26H26N6O3. The molecule has 0 radical (unpaired) electrons. The molecule has 9 nitrogen and oxygen atoms in total. The van der Waals surface area contributed by atoms with Crippen LogP contribution in [-0.4, -0.2) is 40.8 Å². The second kappa shape index (κ2) is 9.19. The summed E-state index contributed by atoms with van der Waals surface area (Å²) in [5, 5.41) is 12.1. The number of amides is 3. The van der Waals surface area contributed by atoms with Crippen LogP contribution < -0.4 is 21.3 Å². The molecule has 35 heavy (non-hydrogen) atoms. The number of pyridine rings is 1. The van der Waals surface area contributed by atoms with Crippen molar-refractivity contribution >= 4 is 29.2 Å². The highest BCUT2D eigenvalue weighted by Gasteiger charge is 2.42. The Balaban J connectivity index is 1.39. The molecule has 9 heteroatoms. The topological polar surface area (TPSA) is 128 Å². The van der Waals surface area contributed by atoms with Crippen molar-refractivity contribution in [2.24, 2.45) is 0 Å². The summed E-state index contributed by atoms with van der Waals surface area (Å²) in [5.41, 5.74) is 3.72. The molecule has 1 saturated heterocycles. The molecule has 2 aliphatic heterocycles. The first-order valence-corrected chi connectivity index (χ1v) is 11.6. The largest absolute Gasteiger partial charge is 0.356 e. The Bertz CT molecular complexity index is 1320. The first-order valence-electron chi connectivity index (χ1n) is 11.6. The Morgan fingerprint density at radius 1 is 1.11 bits per heavy atom. The van der Waals surface area contributed by atoms with Crippen molar-refractivity contribution in [1.82, 2.24) is 20.6 Å². The van der Waals surface area contributed by atoms with Gasteiger partial charge in [-0.3, -0.25) is 14.4 Å². The van der Waals surface area contributed by atoms with E-state index in [0.717, 1.165) is 48.8 Å². The SMILES string of the molecule is C=CC(=O)Nc1cccc(C(=O)Nc2cc(-c3cc4c([nH]3)C3(CCCCN3)CNC4=O)ccn2)c1. The molecule has 1 spiro atoms. The molecule has 0 aliphatic carbocycles. The standard InChI is InChI=1S/C26H26N6O3/c1-2-22(33)30-18-7-5-6-17(12-18)24(34)32-21-13-16(8-11-27-21)20-14-19-23(31-20)26(15-28-25(19)35)9-3-4-10-29-26/h2,5-8,11-14,29,31H,1,3-4,9-10,15H2,(H,28,35)(H,30,33)(H,27,32,34). The van der Waals surface area contributed by atoms with Crippen LogP contribution in [0.3, 0.4) is 0 Å². The van der Waals surface area contributed by atoms with Gasteiger partial charge in [-0.2, -0.15) is 0 Å². The summed E-state index contributed by atoms with van der Waals surface area (Å²) in [4.78, 5) is 44.7. The van der Waals surface area contributed by atoms with Gasteiger partial charge >= 0.3 is 0 Å². The predicted molar refractivity (Wildman–Crippen MR) is 133 cm³/mol. The van der Waals surface area contributed by atoms with E-state index in [2.05, 4.69) is 37.8 Å². The molecule has 0 saturated carbocycles. The maximum absolute atomic E-state index is 12.8. The van der Waals surface area contributed by atoms with Crippen LogP contribution in [0.2, 0.25) is 0 Å². The zero-order chi connectivity index (χ0) is 24.4. The van der Waals surface area contributed by atoms with E-state index in [1.54, 1.807) is 36.5 Å². The van der Waals surface area contributed by atoms with Crippen LogP contribution in [0.4, 0.5) is 11.5 Å². The number of hydrogen-bond donors (Lipinski definition) is 5. The van der Waals surface area contributed by atoms with Gasteiger partial charge in [0, 0.05) is 35.2 Å². The number of aromatic nitrogens is 2. The highest BCUT2D eigenvalue weighted by atomic mass is 16.2. The van der Waals surface area contributed by atoms with Crippen molar-refractivity contribution in [2.75, 3.05) is 23.7 Å². The highest BCUT2D eigenvalue weighted by molar-refractivity contribution is 6.06. The normalized spacial score (nSPS) is 18.9. The van der Waals surface area contributed by atoms with Crippen molar-refractivity contribution in [3.05, 3.63) is 78.1 Å². The van der Waals surface area contributed by atoms with Crippen molar-refractivity contribution in [3.63, 3.8) is 0 Å². The van der Waals surface area contributed by atoms with Gasteiger partial charge in [0.05, 0.1) is 16.8 Å². The molecule has 3 aromatic rings. The van der Waals surface area contributed by atoms with Crippen molar-refractivity contribution in [2.45, 2.75) is 24.8 Å². The molecule has 1 unspecified atom stereocenters. The number of H-pyrrole nitrogens is 1. The van der Waals surface area contributed by atoms with E-state index in [-0.39, 0.29) is 23.3 Å². The predicted octanol–water partition coefficient (Wildman–Crippen LogP) is 3.17. The third-order valence-corrected chi connectivity index (χ3v) is 6.48. The Hall–Kier alpha value is -4.24. The number of fused-ring (bicyclic) bond motifs is 2. The first-order chi connectivity index (χ1) is 17.0. The molecule has 3 amide bonds. The van der Waals surface area contributed by atoms with Gasteiger partial charge in [-0.15, -0.1) is 0 Å². The molecule has 5 rings (SSSR count). The van der Waals surface area contributed by atoms with Crippen LogP contribution in [0.1, 0.15) is 45.7 Å². The van der Waals surface area contributed by atoms with Crippen LogP contribution in [0.15, 0.2) is 61.3 Å². The molecule has 1 aromatic carbocycles. The fourth-order valence-corrected chi connectivity index (χ4v) is 4.70. The maximum atomic E-state index is 12.8. The Labute approximate surface area is 202 Å². The van der Waals surface area contributed by atoms with E-state index < -0.39 is 0 Å². The van der Waals surface area contributed by atoms with Crippen LogP contribution in [0.5, 0.6) is 0 Å². The summed E-state index contributed by atoms with van der Waals surface area (Å²) in [7, 11) is 0. The highest BCUT2D eigenvalue weighted by Crippen LogP contribution is 2.36.